The van der Waals surface area contributed by atoms with Crippen molar-refractivity contribution < 1.29 is 9.21 Å². The summed E-state index contributed by atoms with van der Waals surface area (Å²) in [5, 5.41) is 8.10. The first kappa shape index (κ1) is 14.1. The number of nitrogens with zero attached hydrogens (tertiary/aromatic N) is 2. The minimum atomic E-state index is -0.141. The van der Waals surface area contributed by atoms with Gasteiger partial charge in [0.1, 0.15) is 11.4 Å². The number of nitrogens with one attached hydrogen (secondary N) is 1. The summed E-state index contributed by atoms with van der Waals surface area (Å²) in [6.07, 6.45) is 3.64. The molecule has 0 unspecified atom stereocenters. The zero-order valence-electron chi connectivity index (χ0n) is 12.2. The number of carbonyl (C=O) groups excluding carboxylic acids is 1. The standard InChI is InChI=1S/C17H14ClN3O2/c18-11-3-1-4-13(9-11)21-15(17(22)19-12-6-7-12)10-14(20-21)16-5-2-8-23-16/h1-5,8-10,12H,6-7H2,(H,19,22). The minimum Gasteiger partial charge on any atom is -0.463 e. The van der Waals surface area contributed by atoms with E-state index in [4.69, 9.17) is 16.0 Å². The number of benzene rings is 1. The lowest BCUT2D eigenvalue weighted by Crippen LogP contribution is -2.27. The lowest BCUT2D eigenvalue weighted by molar-refractivity contribution is 0.0943. The third kappa shape index (κ3) is 2.87. The zero-order valence-corrected chi connectivity index (χ0v) is 13.0. The Kier molecular flexibility index (Phi) is 3.42. The molecular weight excluding hydrogens is 314 g/mol. The van der Waals surface area contributed by atoms with Crippen molar-refractivity contribution in [1.29, 1.82) is 0 Å². The number of halogens is 1. The average Bonchev–Trinajstić information content (AvgIpc) is 3.06. The molecule has 0 radical (unpaired) electrons. The molecule has 1 aromatic carbocycles. The van der Waals surface area contributed by atoms with E-state index in [1.54, 1.807) is 35.2 Å². The number of furan rings is 1. The molecule has 3 aromatic rings. The van der Waals surface area contributed by atoms with Gasteiger partial charge in [0, 0.05) is 17.1 Å². The quantitative estimate of drug-likeness (QED) is 0.795. The van der Waals surface area contributed by atoms with Crippen molar-refractivity contribution in [3.05, 3.63) is 59.4 Å². The molecule has 6 heteroatoms. The molecule has 0 saturated heterocycles. The highest BCUT2D eigenvalue weighted by Crippen LogP contribution is 2.25. The van der Waals surface area contributed by atoms with Gasteiger partial charge in [-0.05, 0) is 43.2 Å². The first-order chi connectivity index (χ1) is 11.2. The van der Waals surface area contributed by atoms with Gasteiger partial charge in [-0.1, -0.05) is 17.7 Å². The molecule has 1 N–H and O–H groups in total. The topological polar surface area (TPSA) is 60.1 Å². The van der Waals surface area contributed by atoms with Gasteiger partial charge in [-0.2, -0.15) is 5.10 Å². The van der Waals surface area contributed by atoms with E-state index in [0.29, 0.717) is 22.2 Å². The summed E-state index contributed by atoms with van der Waals surface area (Å²) in [5.41, 5.74) is 1.80. The fraction of sp³-hybridized carbons (Fsp3) is 0.176. The van der Waals surface area contributed by atoms with Crippen molar-refractivity contribution in [2.45, 2.75) is 18.9 Å². The van der Waals surface area contributed by atoms with Gasteiger partial charge in [0.15, 0.2) is 5.76 Å². The number of aromatic nitrogens is 2. The van der Waals surface area contributed by atoms with Gasteiger partial charge in [-0.15, -0.1) is 0 Å². The van der Waals surface area contributed by atoms with Crippen LogP contribution in [-0.4, -0.2) is 21.7 Å². The van der Waals surface area contributed by atoms with Crippen LogP contribution in [0.15, 0.2) is 53.1 Å². The van der Waals surface area contributed by atoms with Crippen LogP contribution in [0.1, 0.15) is 23.3 Å². The summed E-state index contributed by atoms with van der Waals surface area (Å²) >= 11 is 6.07. The Morgan fingerprint density at radius 1 is 1.26 bits per heavy atom. The summed E-state index contributed by atoms with van der Waals surface area (Å²) in [6, 6.07) is 12.9. The molecule has 5 nitrogen and oxygen atoms in total. The highest BCUT2D eigenvalue weighted by atomic mass is 35.5. The molecule has 0 spiro atoms. The van der Waals surface area contributed by atoms with Gasteiger partial charge in [0.2, 0.25) is 0 Å². The third-order valence-electron chi connectivity index (χ3n) is 3.68. The molecule has 1 aliphatic carbocycles. The van der Waals surface area contributed by atoms with Crippen LogP contribution < -0.4 is 5.32 Å². The molecular formula is C17H14ClN3O2. The van der Waals surface area contributed by atoms with Crippen molar-refractivity contribution in [3.8, 4) is 17.1 Å². The van der Waals surface area contributed by atoms with E-state index < -0.39 is 0 Å². The average molecular weight is 328 g/mol. The Hall–Kier alpha value is -2.53. The zero-order chi connectivity index (χ0) is 15.8. The SMILES string of the molecule is O=C(NC1CC1)c1cc(-c2ccco2)nn1-c1cccc(Cl)c1. The Bertz CT molecular complexity index is 851. The largest absolute Gasteiger partial charge is 0.463 e. The van der Waals surface area contributed by atoms with E-state index in [1.165, 1.54) is 0 Å². The van der Waals surface area contributed by atoms with Crippen molar-refractivity contribution in [3.63, 3.8) is 0 Å². The fourth-order valence-corrected chi connectivity index (χ4v) is 2.56. The molecule has 4 rings (SSSR count). The lowest BCUT2D eigenvalue weighted by atomic mass is 10.2. The van der Waals surface area contributed by atoms with Crippen molar-refractivity contribution in [1.82, 2.24) is 15.1 Å². The fourth-order valence-electron chi connectivity index (χ4n) is 2.38. The second kappa shape index (κ2) is 5.59. The Morgan fingerprint density at radius 2 is 2.13 bits per heavy atom. The van der Waals surface area contributed by atoms with E-state index in [9.17, 15) is 4.79 Å². The highest BCUT2D eigenvalue weighted by molar-refractivity contribution is 6.30. The predicted molar refractivity (Wildman–Crippen MR) is 86.8 cm³/mol. The second-order valence-corrected chi connectivity index (χ2v) is 5.97. The molecule has 2 aromatic heterocycles. The first-order valence-electron chi connectivity index (χ1n) is 7.41. The molecule has 1 saturated carbocycles. The molecule has 0 bridgehead atoms. The van der Waals surface area contributed by atoms with Crippen LogP contribution in [0, 0.1) is 0 Å². The molecule has 116 valence electrons. The summed E-state index contributed by atoms with van der Waals surface area (Å²) in [5.74, 6) is 0.476. The molecule has 1 fully saturated rings. The van der Waals surface area contributed by atoms with Crippen LogP contribution in [0.3, 0.4) is 0 Å². The van der Waals surface area contributed by atoms with Crippen LogP contribution in [0.5, 0.6) is 0 Å². The molecule has 0 aliphatic heterocycles. The molecule has 2 heterocycles. The second-order valence-electron chi connectivity index (χ2n) is 5.53. The third-order valence-corrected chi connectivity index (χ3v) is 3.92. The highest BCUT2D eigenvalue weighted by Gasteiger charge is 2.26. The van der Waals surface area contributed by atoms with Crippen LogP contribution >= 0.6 is 11.6 Å². The Balaban J connectivity index is 1.79. The van der Waals surface area contributed by atoms with E-state index in [2.05, 4.69) is 10.4 Å². The Morgan fingerprint density at radius 3 is 2.83 bits per heavy atom. The predicted octanol–water partition coefficient (Wildman–Crippen LogP) is 3.68. The van der Waals surface area contributed by atoms with Crippen LogP contribution in [0.4, 0.5) is 0 Å². The van der Waals surface area contributed by atoms with Crippen LogP contribution in [0.2, 0.25) is 5.02 Å². The summed E-state index contributed by atoms with van der Waals surface area (Å²) in [6.45, 7) is 0. The maximum atomic E-state index is 12.5. The maximum Gasteiger partial charge on any atom is 0.270 e. The van der Waals surface area contributed by atoms with Gasteiger partial charge in [-0.25, -0.2) is 4.68 Å². The van der Waals surface area contributed by atoms with Crippen LogP contribution in [-0.2, 0) is 0 Å². The number of hydrogen-bond donors (Lipinski definition) is 1. The summed E-state index contributed by atoms with van der Waals surface area (Å²) in [4.78, 5) is 12.5. The van der Waals surface area contributed by atoms with Crippen molar-refractivity contribution in [2.24, 2.45) is 0 Å². The smallest absolute Gasteiger partial charge is 0.270 e. The summed E-state index contributed by atoms with van der Waals surface area (Å²) in [7, 11) is 0. The van der Waals surface area contributed by atoms with Gasteiger partial charge < -0.3 is 9.73 Å². The van der Waals surface area contributed by atoms with E-state index in [1.807, 2.05) is 18.2 Å². The molecule has 1 aliphatic rings. The number of carbonyl (C=O) groups is 1. The maximum absolute atomic E-state index is 12.5. The minimum absolute atomic E-state index is 0.141. The molecule has 0 atom stereocenters. The van der Waals surface area contributed by atoms with Gasteiger partial charge in [0.25, 0.3) is 5.91 Å². The van der Waals surface area contributed by atoms with Crippen molar-refractivity contribution >= 4 is 17.5 Å². The summed E-state index contributed by atoms with van der Waals surface area (Å²) < 4.78 is 6.99. The van der Waals surface area contributed by atoms with Crippen molar-refractivity contribution in [2.75, 3.05) is 0 Å². The lowest BCUT2D eigenvalue weighted by Gasteiger charge is -2.07. The Labute approximate surface area is 137 Å². The van der Waals surface area contributed by atoms with Gasteiger partial charge in [0.05, 0.1) is 12.0 Å². The van der Waals surface area contributed by atoms with Gasteiger partial charge in [-0.3, -0.25) is 4.79 Å². The normalized spacial score (nSPS) is 14.0. The van der Waals surface area contributed by atoms with Crippen LogP contribution in [0.25, 0.3) is 17.1 Å². The van der Waals surface area contributed by atoms with Gasteiger partial charge >= 0.3 is 0 Å². The number of hydrogen-bond acceptors (Lipinski definition) is 3. The van der Waals surface area contributed by atoms with E-state index >= 15 is 0 Å². The number of rotatable bonds is 4. The van der Waals surface area contributed by atoms with E-state index in [-0.39, 0.29) is 11.9 Å². The molecule has 23 heavy (non-hydrogen) atoms. The first-order valence-corrected chi connectivity index (χ1v) is 7.79. The van der Waals surface area contributed by atoms with E-state index in [0.717, 1.165) is 18.5 Å². The monoisotopic (exact) mass is 327 g/mol. The number of amides is 1. The molecule has 1 amide bonds.